The number of amides is 1. The molecule has 2 aromatic rings. The average molecular weight is 343 g/mol. The molecular weight excluding hydrogens is 322 g/mol. The van der Waals surface area contributed by atoms with Gasteiger partial charge in [0.15, 0.2) is 11.5 Å². The lowest BCUT2D eigenvalue weighted by molar-refractivity contribution is -0.137. The lowest BCUT2D eigenvalue weighted by Gasteiger charge is -2.03. The minimum atomic E-state index is -0.802. The highest BCUT2D eigenvalue weighted by Gasteiger charge is 2.12. The summed E-state index contributed by atoms with van der Waals surface area (Å²) in [5, 5.41) is 11.3. The van der Waals surface area contributed by atoms with Gasteiger partial charge < -0.3 is 14.8 Å². The van der Waals surface area contributed by atoms with E-state index in [4.69, 9.17) is 9.52 Å². The molecule has 0 aliphatic carbocycles. The molecule has 6 nitrogen and oxygen atoms in total. The van der Waals surface area contributed by atoms with Crippen molar-refractivity contribution in [1.82, 2.24) is 5.32 Å². The van der Waals surface area contributed by atoms with Gasteiger partial charge in [-0.3, -0.25) is 14.4 Å². The molecule has 0 saturated carbocycles. The number of rotatable bonds is 9. The molecule has 132 valence electrons. The van der Waals surface area contributed by atoms with E-state index in [1.807, 2.05) is 0 Å². The van der Waals surface area contributed by atoms with E-state index in [9.17, 15) is 14.4 Å². The molecule has 2 N–H and O–H groups in total. The molecule has 6 heteroatoms. The Labute approximate surface area is 145 Å². The quantitative estimate of drug-likeness (QED) is 0.536. The van der Waals surface area contributed by atoms with Gasteiger partial charge >= 0.3 is 5.97 Å². The smallest absolute Gasteiger partial charge is 0.303 e. The second-order valence-corrected chi connectivity index (χ2v) is 5.76. The Morgan fingerprint density at radius 1 is 1.00 bits per heavy atom. The van der Waals surface area contributed by atoms with Crippen LogP contribution in [-0.2, 0) is 4.79 Å². The summed E-state index contributed by atoms with van der Waals surface area (Å²) in [6.45, 7) is 1.98. The number of carbonyl (C=O) groups is 3. The third-order valence-electron chi connectivity index (χ3n) is 3.76. The molecule has 25 heavy (non-hydrogen) atoms. The number of carbonyl (C=O) groups excluding carboxylic acids is 2. The summed E-state index contributed by atoms with van der Waals surface area (Å²) >= 11 is 0. The van der Waals surface area contributed by atoms with E-state index in [2.05, 4.69) is 5.32 Å². The molecule has 0 bridgehead atoms. The van der Waals surface area contributed by atoms with Crippen molar-refractivity contribution in [3.05, 3.63) is 47.7 Å². The number of carboxylic acid groups (broad SMARTS) is 1. The molecule has 0 aliphatic heterocycles. The normalized spacial score (nSPS) is 10.4. The number of nitrogens with one attached hydrogen (secondary N) is 1. The number of hydrogen-bond acceptors (Lipinski definition) is 4. The molecule has 0 fully saturated rings. The van der Waals surface area contributed by atoms with Crippen LogP contribution in [0.3, 0.4) is 0 Å². The Bertz CT molecular complexity index is 745. The van der Waals surface area contributed by atoms with E-state index in [1.54, 1.807) is 36.4 Å². The van der Waals surface area contributed by atoms with Crippen molar-refractivity contribution in [3.63, 3.8) is 0 Å². The first-order chi connectivity index (χ1) is 12.0. The van der Waals surface area contributed by atoms with Crippen LogP contribution in [-0.4, -0.2) is 29.3 Å². The highest BCUT2D eigenvalue weighted by molar-refractivity contribution is 5.94. The molecule has 1 aromatic heterocycles. The molecule has 1 aromatic carbocycles. The van der Waals surface area contributed by atoms with Gasteiger partial charge in [0.05, 0.1) is 0 Å². The summed E-state index contributed by atoms with van der Waals surface area (Å²) in [6, 6.07) is 10.3. The lowest BCUT2D eigenvalue weighted by atomic mass is 10.1. The number of carboxylic acids is 1. The Kier molecular flexibility index (Phi) is 6.51. The number of Topliss-reactive ketones (excluding diaryl/α,β-unsaturated/α-hetero) is 1. The van der Waals surface area contributed by atoms with Crippen molar-refractivity contribution in [2.45, 2.75) is 32.6 Å². The first-order valence-corrected chi connectivity index (χ1v) is 8.18. The summed E-state index contributed by atoms with van der Waals surface area (Å²) in [4.78, 5) is 33.7. The molecule has 1 heterocycles. The Morgan fingerprint density at radius 3 is 2.36 bits per heavy atom. The zero-order valence-corrected chi connectivity index (χ0v) is 14.1. The first-order valence-electron chi connectivity index (χ1n) is 8.18. The van der Waals surface area contributed by atoms with Crippen LogP contribution in [0.1, 0.15) is 53.5 Å². The molecular formula is C19H21NO5. The number of unbranched alkanes of at least 4 members (excludes halogenated alkanes) is 2. The summed E-state index contributed by atoms with van der Waals surface area (Å²) in [7, 11) is 0. The van der Waals surface area contributed by atoms with Gasteiger partial charge in [0.1, 0.15) is 5.76 Å². The molecule has 0 saturated heterocycles. The SMILES string of the molecule is CC(=O)c1ccc(-c2ccc(C(=O)NCCCCCC(=O)O)o2)cc1. The predicted octanol–water partition coefficient (Wildman–Crippen LogP) is 3.52. The van der Waals surface area contributed by atoms with E-state index in [-0.39, 0.29) is 23.9 Å². The van der Waals surface area contributed by atoms with Crippen LogP contribution in [0.15, 0.2) is 40.8 Å². The van der Waals surface area contributed by atoms with Gasteiger partial charge in [-0.05, 0) is 31.9 Å². The van der Waals surface area contributed by atoms with Crippen molar-refractivity contribution < 1.29 is 23.9 Å². The number of furan rings is 1. The van der Waals surface area contributed by atoms with Crippen molar-refractivity contribution in [1.29, 1.82) is 0 Å². The van der Waals surface area contributed by atoms with Crippen LogP contribution in [0.5, 0.6) is 0 Å². The molecule has 0 spiro atoms. The minimum absolute atomic E-state index is 0.00517. The molecule has 0 radical (unpaired) electrons. The summed E-state index contributed by atoms with van der Waals surface area (Å²) in [5.41, 5.74) is 1.41. The average Bonchev–Trinajstić information content (AvgIpc) is 3.07. The maximum absolute atomic E-state index is 12.0. The highest BCUT2D eigenvalue weighted by atomic mass is 16.4. The van der Waals surface area contributed by atoms with Crippen molar-refractivity contribution >= 4 is 17.7 Å². The van der Waals surface area contributed by atoms with E-state index in [0.29, 0.717) is 24.3 Å². The third-order valence-corrected chi connectivity index (χ3v) is 3.76. The van der Waals surface area contributed by atoms with E-state index < -0.39 is 5.97 Å². The number of ketones is 1. The fourth-order valence-corrected chi connectivity index (χ4v) is 2.35. The Balaban J connectivity index is 1.84. The van der Waals surface area contributed by atoms with Crippen molar-refractivity contribution in [2.75, 3.05) is 6.54 Å². The monoisotopic (exact) mass is 343 g/mol. The van der Waals surface area contributed by atoms with Gasteiger partial charge in [0, 0.05) is 24.1 Å². The van der Waals surface area contributed by atoms with Gasteiger partial charge in [-0.1, -0.05) is 30.7 Å². The minimum Gasteiger partial charge on any atom is -0.481 e. The van der Waals surface area contributed by atoms with Crippen LogP contribution >= 0.6 is 0 Å². The van der Waals surface area contributed by atoms with Crippen LogP contribution in [0.25, 0.3) is 11.3 Å². The molecule has 0 aliphatic rings. The van der Waals surface area contributed by atoms with E-state index >= 15 is 0 Å². The maximum atomic E-state index is 12.0. The highest BCUT2D eigenvalue weighted by Crippen LogP contribution is 2.22. The van der Waals surface area contributed by atoms with Crippen LogP contribution in [0.2, 0.25) is 0 Å². The van der Waals surface area contributed by atoms with Crippen molar-refractivity contribution in [3.8, 4) is 11.3 Å². The van der Waals surface area contributed by atoms with Crippen LogP contribution in [0.4, 0.5) is 0 Å². The number of hydrogen-bond donors (Lipinski definition) is 2. The second-order valence-electron chi connectivity index (χ2n) is 5.76. The Hall–Kier alpha value is -2.89. The lowest BCUT2D eigenvalue weighted by Crippen LogP contribution is -2.23. The molecule has 0 atom stereocenters. The van der Waals surface area contributed by atoms with Gasteiger partial charge in [-0.2, -0.15) is 0 Å². The van der Waals surface area contributed by atoms with Crippen LogP contribution in [0, 0.1) is 0 Å². The number of benzene rings is 1. The molecule has 0 unspecified atom stereocenters. The topological polar surface area (TPSA) is 96.6 Å². The first kappa shape index (κ1) is 18.4. The Morgan fingerprint density at radius 2 is 1.72 bits per heavy atom. The largest absolute Gasteiger partial charge is 0.481 e. The third kappa shape index (κ3) is 5.60. The zero-order valence-electron chi connectivity index (χ0n) is 14.1. The summed E-state index contributed by atoms with van der Waals surface area (Å²) in [5.74, 6) is -0.333. The van der Waals surface area contributed by atoms with E-state index in [1.165, 1.54) is 6.92 Å². The zero-order chi connectivity index (χ0) is 18.2. The fourth-order valence-electron chi connectivity index (χ4n) is 2.35. The predicted molar refractivity (Wildman–Crippen MR) is 92.6 cm³/mol. The second kappa shape index (κ2) is 8.82. The maximum Gasteiger partial charge on any atom is 0.303 e. The fraction of sp³-hybridized carbons (Fsp3) is 0.316. The van der Waals surface area contributed by atoms with Gasteiger partial charge in [-0.15, -0.1) is 0 Å². The summed E-state index contributed by atoms with van der Waals surface area (Å²) in [6.07, 6.45) is 2.22. The van der Waals surface area contributed by atoms with Gasteiger partial charge in [-0.25, -0.2) is 0 Å². The van der Waals surface area contributed by atoms with Crippen molar-refractivity contribution in [2.24, 2.45) is 0 Å². The molecule has 2 rings (SSSR count). The molecule has 1 amide bonds. The van der Waals surface area contributed by atoms with Crippen LogP contribution < -0.4 is 5.32 Å². The van der Waals surface area contributed by atoms with Gasteiger partial charge in [0.25, 0.3) is 5.91 Å². The van der Waals surface area contributed by atoms with E-state index in [0.717, 1.165) is 18.4 Å². The summed E-state index contributed by atoms with van der Waals surface area (Å²) < 4.78 is 5.57. The number of aliphatic carboxylic acids is 1. The van der Waals surface area contributed by atoms with Gasteiger partial charge in [0.2, 0.25) is 0 Å². The standard InChI is InChI=1S/C19H21NO5/c1-13(21)14-6-8-15(9-7-14)16-10-11-17(25-16)19(24)20-12-4-2-3-5-18(22)23/h6-11H,2-5,12H2,1H3,(H,20,24)(H,22,23).